The van der Waals surface area contributed by atoms with Crippen molar-refractivity contribution >= 4 is 17.4 Å². The van der Waals surface area contributed by atoms with E-state index in [-0.39, 0.29) is 0 Å². The summed E-state index contributed by atoms with van der Waals surface area (Å²) < 4.78 is 0. The molecular weight excluding hydrogens is 196 g/mol. The highest BCUT2D eigenvalue weighted by Crippen LogP contribution is 2.30. The summed E-state index contributed by atoms with van der Waals surface area (Å²) in [6.45, 7) is 3.21. The van der Waals surface area contributed by atoms with Gasteiger partial charge in [0.2, 0.25) is 0 Å². The molecule has 1 aliphatic carbocycles. The van der Waals surface area contributed by atoms with E-state index in [1.54, 1.807) is 0 Å². The number of rotatable bonds is 4. The molecule has 76 valence electrons. The van der Waals surface area contributed by atoms with Gasteiger partial charge < -0.3 is 4.90 Å². The quantitative estimate of drug-likeness (QED) is 0.711. The number of hydrogen-bond donors (Lipinski definition) is 0. The van der Waals surface area contributed by atoms with E-state index in [0.29, 0.717) is 5.88 Å². The molecule has 1 aliphatic rings. The van der Waals surface area contributed by atoms with E-state index in [0.717, 1.165) is 24.0 Å². The molecule has 0 unspecified atom stereocenters. The SMILES string of the molecule is CCN(c1cc(CCl)ccn1)C1CC1. The minimum absolute atomic E-state index is 0.567. The van der Waals surface area contributed by atoms with E-state index in [1.807, 2.05) is 12.3 Å². The van der Waals surface area contributed by atoms with Gasteiger partial charge in [0.25, 0.3) is 0 Å². The van der Waals surface area contributed by atoms with E-state index >= 15 is 0 Å². The van der Waals surface area contributed by atoms with Crippen molar-refractivity contribution in [3.05, 3.63) is 23.9 Å². The summed E-state index contributed by atoms with van der Waals surface area (Å²) in [7, 11) is 0. The Bertz CT molecular complexity index is 310. The predicted molar refractivity (Wildman–Crippen MR) is 59.8 cm³/mol. The molecule has 0 atom stereocenters. The molecular formula is C11H15ClN2. The first-order chi connectivity index (χ1) is 6.85. The minimum atomic E-state index is 0.567. The van der Waals surface area contributed by atoms with E-state index in [4.69, 9.17) is 11.6 Å². The van der Waals surface area contributed by atoms with Crippen LogP contribution in [0.5, 0.6) is 0 Å². The van der Waals surface area contributed by atoms with E-state index in [1.165, 1.54) is 12.8 Å². The number of alkyl halides is 1. The number of hydrogen-bond acceptors (Lipinski definition) is 2. The summed E-state index contributed by atoms with van der Waals surface area (Å²) in [4.78, 5) is 6.74. The van der Waals surface area contributed by atoms with Crippen LogP contribution in [-0.4, -0.2) is 17.6 Å². The van der Waals surface area contributed by atoms with Crippen LogP contribution < -0.4 is 4.90 Å². The number of anilines is 1. The third-order valence-electron chi connectivity index (χ3n) is 2.59. The van der Waals surface area contributed by atoms with Crippen LogP contribution in [0.3, 0.4) is 0 Å². The highest BCUT2D eigenvalue weighted by Gasteiger charge is 2.28. The van der Waals surface area contributed by atoms with Crippen molar-refractivity contribution in [2.75, 3.05) is 11.4 Å². The van der Waals surface area contributed by atoms with Crippen LogP contribution >= 0.6 is 11.6 Å². The standard InChI is InChI=1S/C11H15ClN2/c1-2-14(10-3-4-10)11-7-9(8-12)5-6-13-11/h5-7,10H,2-4,8H2,1H3. The van der Waals surface area contributed by atoms with Gasteiger partial charge in [-0.25, -0.2) is 4.98 Å². The topological polar surface area (TPSA) is 16.1 Å². The molecule has 0 amide bonds. The maximum absolute atomic E-state index is 5.80. The molecule has 1 aromatic rings. The smallest absolute Gasteiger partial charge is 0.129 e. The normalized spacial score (nSPS) is 15.6. The van der Waals surface area contributed by atoms with E-state index < -0.39 is 0 Å². The Labute approximate surface area is 89.9 Å². The first-order valence-corrected chi connectivity index (χ1v) is 5.66. The molecule has 3 heteroatoms. The average molecular weight is 211 g/mol. The lowest BCUT2D eigenvalue weighted by atomic mass is 10.3. The Balaban J connectivity index is 2.20. The van der Waals surface area contributed by atoms with Crippen LogP contribution in [0.2, 0.25) is 0 Å². The van der Waals surface area contributed by atoms with Crippen molar-refractivity contribution in [1.82, 2.24) is 4.98 Å². The number of aromatic nitrogens is 1. The van der Waals surface area contributed by atoms with Crippen molar-refractivity contribution < 1.29 is 0 Å². The molecule has 0 radical (unpaired) electrons. The highest BCUT2D eigenvalue weighted by molar-refractivity contribution is 6.17. The molecule has 1 aromatic heterocycles. The molecule has 0 bridgehead atoms. The van der Waals surface area contributed by atoms with Gasteiger partial charge in [-0.3, -0.25) is 0 Å². The predicted octanol–water partition coefficient (Wildman–Crippen LogP) is 2.81. The van der Waals surface area contributed by atoms with Crippen LogP contribution in [0.15, 0.2) is 18.3 Å². The molecule has 0 saturated heterocycles. The maximum atomic E-state index is 5.80. The number of pyridine rings is 1. The molecule has 0 aliphatic heterocycles. The molecule has 1 heterocycles. The second-order valence-electron chi connectivity index (χ2n) is 3.67. The second kappa shape index (κ2) is 4.18. The van der Waals surface area contributed by atoms with Crippen LogP contribution in [0.4, 0.5) is 5.82 Å². The molecule has 2 rings (SSSR count). The monoisotopic (exact) mass is 210 g/mol. The average Bonchev–Trinajstić information content (AvgIpc) is 3.04. The zero-order valence-corrected chi connectivity index (χ0v) is 9.17. The molecule has 0 aromatic carbocycles. The summed E-state index contributed by atoms with van der Waals surface area (Å²) in [5.74, 6) is 1.64. The van der Waals surface area contributed by atoms with Gasteiger partial charge in [-0.2, -0.15) is 0 Å². The lowest BCUT2D eigenvalue weighted by Gasteiger charge is -2.21. The van der Waals surface area contributed by atoms with Gasteiger partial charge in [-0.05, 0) is 37.5 Å². The number of halogens is 1. The van der Waals surface area contributed by atoms with Crippen molar-refractivity contribution in [2.45, 2.75) is 31.7 Å². The Hall–Kier alpha value is -0.760. The second-order valence-corrected chi connectivity index (χ2v) is 3.94. The van der Waals surface area contributed by atoms with Crippen molar-refractivity contribution in [3.8, 4) is 0 Å². The van der Waals surface area contributed by atoms with Crippen molar-refractivity contribution in [3.63, 3.8) is 0 Å². The van der Waals surface area contributed by atoms with Gasteiger partial charge >= 0.3 is 0 Å². The largest absolute Gasteiger partial charge is 0.354 e. The zero-order valence-electron chi connectivity index (χ0n) is 8.41. The first-order valence-electron chi connectivity index (χ1n) is 5.12. The van der Waals surface area contributed by atoms with Crippen LogP contribution in [-0.2, 0) is 5.88 Å². The van der Waals surface area contributed by atoms with Crippen LogP contribution in [0.25, 0.3) is 0 Å². The third kappa shape index (κ3) is 2.01. The lowest BCUT2D eigenvalue weighted by Crippen LogP contribution is -2.25. The fraction of sp³-hybridized carbons (Fsp3) is 0.545. The summed E-state index contributed by atoms with van der Waals surface area (Å²) in [5.41, 5.74) is 1.15. The molecule has 0 N–H and O–H groups in total. The van der Waals surface area contributed by atoms with Gasteiger partial charge in [0, 0.05) is 24.7 Å². The van der Waals surface area contributed by atoms with E-state index in [2.05, 4.69) is 22.9 Å². The van der Waals surface area contributed by atoms with Gasteiger partial charge in [0.15, 0.2) is 0 Å². The fourth-order valence-electron chi connectivity index (χ4n) is 1.69. The Morgan fingerprint density at radius 3 is 2.93 bits per heavy atom. The fourth-order valence-corrected chi connectivity index (χ4v) is 1.86. The Morgan fingerprint density at radius 1 is 1.57 bits per heavy atom. The minimum Gasteiger partial charge on any atom is -0.354 e. The van der Waals surface area contributed by atoms with Gasteiger partial charge in [-0.1, -0.05) is 0 Å². The Kier molecular flexibility index (Phi) is 2.92. The highest BCUT2D eigenvalue weighted by atomic mass is 35.5. The maximum Gasteiger partial charge on any atom is 0.129 e. The van der Waals surface area contributed by atoms with Crippen molar-refractivity contribution in [2.24, 2.45) is 0 Å². The van der Waals surface area contributed by atoms with Gasteiger partial charge in [-0.15, -0.1) is 11.6 Å². The summed E-state index contributed by atoms with van der Waals surface area (Å²) >= 11 is 5.80. The number of nitrogens with zero attached hydrogens (tertiary/aromatic N) is 2. The van der Waals surface area contributed by atoms with Crippen LogP contribution in [0.1, 0.15) is 25.3 Å². The molecule has 0 spiro atoms. The van der Waals surface area contributed by atoms with Gasteiger partial charge in [0.1, 0.15) is 5.82 Å². The van der Waals surface area contributed by atoms with E-state index in [9.17, 15) is 0 Å². The molecule has 1 fully saturated rings. The Morgan fingerprint density at radius 2 is 2.36 bits per heavy atom. The summed E-state index contributed by atoms with van der Waals surface area (Å²) in [6, 6.07) is 4.78. The summed E-state index contributed by atoms with van der Waals surface area (Å²) in [5, 5.41) is 0. The molecule has 14 heavy (non-hydrogen) atoms. The first kappa shape index (κ1) is 9.78. The lowest BCUT2D eigenvalue weighted by molar-refractivity contribution is 0.807. The van der Waals surface area contributed by atoms with Gasteiger partial charge in [0.05, 0.1) is 0 Å². The zero-order chi connectivity index (χ0) is 9.97. The molecule has 2 nitrogen and oxygen atoms in total. The van der Waals surface area contributed by atoms with Crippen LogP contribution in [0, 0.1) is 0 Å². The molecule has 1 saturated carbocycles. The third-order valence-corrected chi connectivity index (χ3v) is 2.90. The summed E-state index contributed by atoms with van der Waals surface area (Å²) in [6.07, 6.45) is 4.46. The van der Waals surface area contributed by atoms with Crippen molar-refractivity contribution in [1.29, 1.82) is 0 Å².